The predicted octanol–water partition coefficient (Wildman–Crippen LogP) is 7.23. The molecule has 1 amide bonds. The molecule has 1 aliphatic rings. The molecule has 7 heteroatoms. The number of carbonyl (C=O) groups is 1. The van der Waals surface area contributed by atoms with Crippen molar-refractivity contribution in [2.24, 2.45) is 5.10 Å². The normalized spacial score (nSPS) is 15.6. The van der Waals surface area contributed by atoms with Gasteiger partial charge >= 0.3 is 0 Å². The van der Waals surface area contributed by atoms with Crippen molar-refractivity contribution >= 4 is 28.7 Å². The summed E-state index contributed by atoms with van der Waals surface area (Å²) in [6, 6.07) is 11.8. The fraction of sp³-hybridized carbons (Fsp3) is 0.462. The average molecular weight is 451 g/mol. The Morgan fingerprint density at radius 1 is 0.879 bits per heavy atom. The van der Waals surface area contributed by atoms with Crippen LogP contribution in [0.25, 0.3) is 0 Å². The van der Waals surface area contributed by atoms with Gasteiger partial charge < -0.3 is 5.32 Å². The third-order valence-electron chi connectivity index (χ3n) is 6.03. The van der Waals surface area contributed by atoms with E-state index in [1.807, 2.05) is 19.1 Å². The second-order valence-electron chi connectivity index (χ2n) is 8.78. The molecule has 1 fully saturated rings. The summed E-state index contributed by atoms with van der Waals surface area (Å²) in [5.74, 6) is -0.390. The molecular weight excluding hydrogens is 416 g/mol. The first-order valence-corrected chi connectivity index (χ1v) is 12.0. The number of nitrogens with one attached hydrogen (secondary N) is 2. The second-order valence-corrected chi connectivity index (χ2v) is 8.78. The minimum absolute atomic E-state index is 0.163. The van der Waals surface area contributed by atoms with Gasteiger partial charge in [0.25, 0.3) is 11.6 Å². The van der Waals surface area contributed by atoms with Gasteiger partial charge in [0.05, 0.1) is 4.92 Å². The van der Waals surface area contributed by atoms with E-state index in [0.717, 1.165) is 37.0 Å². The van der Waals surface area contributed by atoms with Crippen molar-refractivity contribution in [3.8, 4) is 0 Å². The Morgan fingerprint density at radius 3 is 2.03 bits per heavy atom. The zero-order chi connectivity index (χ0) is 23.5. The van der Waals surface area contributed by atoms with E-state index >= 15 is 0 Å². The minimum atomic E-state index is -0.480. The third kappa shape index (κ3) is 8.00. The minimum Gasteiger partial charge on any atom is -0.322 e. The number of nitrogens with zero attached hydrogens (tertiary/aromatic N) is 2. The van der Waals surface area contributed by atoms with Gasteiger partial charge in [-0.05, 0) is 56.9 Å². The maximum Gasteiger partial charge on any atom is 0.294 e. The van der Waals surface area contributed by atoms with Gasteiger partial charge in [0.15, 0.2) is 0 Å². The number of nitro groups is 1. The highest BCUT2D eigenvalue weighted by Crippen LogP contribution is 2.27. The van der Waals surface area contributed by atoms with Crippen molar-refractivity contribution in [2.45, 2.75) is 77.6 Å². The van der Waals surface area contributed by atoms with E-state index in [4.69, 9.17) is 0 Å². The van der Waals surface area contributed by atoms with Crippen molar-refractivity contribution in [3.63, 3.8) is 0 Å². The van der Waals surface area contributed by atoms with E-state index in [2.05, 4.69) is 15.8 Å². The summed E-state index contributed by atoms with van der Waals surface area (Å²) in [5, 5.41) is 19.0. The molecule has 2 N–H and O–H groups in total. The molecule has 33 heavy (non-hydrogen) atoms. The fourth-order valence-electron chi connectivity index (χ4n) is 4.03. The second kappa shape index (κ2) is 12.7. The van der Waals surface area contributed by atoms with Gasteiger partial charge in [-0.3, -0.25) is 20.3 Å². The first-order chi connectivity index (χ1) is 16.0. The lowest BCUT2D eigenvalue weighted by Gasteiger charge is -2.11. The SMILES string of the molecule is Cc1ccc(NC(=O)c2ccc(NN=C3CCCCCCCCCCC3)c([N+](=O)[O-])c2)cc1. The van der Waals surface area contributed by atoms with Crippen LogP contribution < -0.4 is 10.7 Å². The highest BCUT2D eigenvalue weighted by molar-refractivity contribution is 6.05. The van der Waals surface area contributed by atoms with Crippen LogP contribution in [0.3, 0.4) is 0 Å². The van der Waals surface area contributed by atoms with E-state index < -0.39 is 4.92 Å². The smallest absolute Gasteiger partial charge is 0.294 e. The van der Waals surface area contributed by atoms with Crippen molar-refractivity contribution in [3.05, 3.63) is 63.7 Å². The van der Waals surface area contributed by atoms with Gasteiger partial charge in [-0.15, -0.1) is 0 Å². The lowest BCUT2D eigenvalue weighted by Crippen LogP contribution is -2.12. The molecule has 0 radical (unpaired) electrons. The number of nitro benzene ring substituents is 1. The highest BCUT2D eigenvalue weighted by atomic mass is 16.6. The predicted molar refractivity (Wildman–Crippen MR) is 134 cm³/mol. The van der Waals surface area contributed by atoms with Crippen molar-refractivity contribution in [2.75, 3.05) is 10.7 Å². The Bertz CT molecular complexity index is 956. The molecule has 0 heterocycles. The summed E-state index contributed by atoms with van der Waals surface area (Å²) < 4.78 is 0. The van der Waals surface area contributed by atoms with Crippen LogP contribution in [0.15, 0.2) is 47.6 Å². The van der Waals surface area contributed by atoms with E-state index in [1.54, 1.807) is 24.3 Å². The zero-order valence-electron chi connectivity index (χ0n) is 19.4. The summed E-state index contributed by atoms with van der Waals surface area (Å²) in [6.07, 6.45) is 12.9. The first-order valence-electron chi connectivity index (χ1n) is 12.0. The summed E-state index contributed by atoms with van der Waals surface area (Å²) in [7, 11) is 0. The standard InChI is InChI=1S/C26H34N4O3/c1-20-13-16-22(17-14-20)27-26(31)21-15-18-24(25(19-21)30(32)33)29-28-23-11-9-7-5-3-2-4-6-8-10-12-23/h13-19,29H,2-12H2,1H3,(H,27,31). The molecule has 2 aromatic carbocycles. The monoisotopic (exact) mass is 450 g/mol. The summed E-state index contributed by atoms with van der Waals surface area (Å²) in [5.41, 5.74) is 6.06. The largest absolute Gasteiger partial charge is 0.322 e. The maximum absolute atomic E-state index is 12.6. The number of amides is 1. The molecule has 0 aromatic heterocycles. The molecule has 0 bridgehead atoms. The first kappa shape index (κ1) is 24.4. The molecule has 0 unspecified atom stereocenters. The number of hydrogen-bond donors (Lipinski definition) is 2. The lowest BCUT2D eigenvalue weighted by molar-refractivity contribution is -0.384. The van der Waals surface area contributed by atoms with Crippen LogP contribution in [0, 0.1) is 17.0 Å². The topological polar surface area (TPSA) is 96.6 Å². The number of anilines is 2. The number of benzene rings is 2. The molecule has 3 rings (SSSR count). The van der Waals surface area contributed by atoms with E-state index in [9.17, 15) is 14.9 Å². The van der Waals surface area contributed by atoms with Gasteiger partial charge in [-0.2, -0.15) is 5.10 Å². The molecule has 0 atom stereocenters. The van der Waals surface area contributed by atoms with Gasteiger partial charge in [-0.1, -0.05) is 62.6 Å². The molecule has 0 aliphatic heterocycles. The van der Waals surface area contributed by atoms with E-state index in [0.29, 0.717) is 11.4 Å². The number of hydrogen-bond acceptors (Lipinski definition) is 5. The van der Waals surface area contributed by atoms with Crippen LogP contribution in [0.4, 0.5) is 17.1 Å². The van der Waals surface area contributed by atoms with Crippen LogP contribution in [0.1, 0.15) is 86.6 Å². The van der Waals surface area contributed by atoms with Crippen LogP contribution in [-0.2, 0) is 0 Å². The van der Waals surface area contributed by atoms with Crippen LogP contribution in [-0.4, -0.2) is 16.5 Å². The number of aryl methyl sites for hydroxylation is 1. The van der Waals surface area contributed by atoms with E-state index in [1.165, 1.54) is 51.0 Å². The molecule has 1 saturated carbocycles. The zero-order valence-corrected chi connectivity index (χ0v) is 19.4. The molecular formula is C26H34N4O3. The van der Waals surface area contributed by atoms with Crippen molar-refractivity contribution in [1.82, 2.24) is 0 Å². The fourth-order valence-corrected chi connectivity index (χ4v) is 4.03. The molecule has 0 spiro atoms. The number of rotatable bonds is 5. The van der Waals surface area contributed by atoms with Gasteiger partial charge in [0.1, 0.15) is 5.69 Å². The van der Waals surface area contributed by atoms with Gasteiger partial charge in [0.2, 0.25) is 0 Å². The molecule has 176 valence electrons. The van der Waals surface area contributed by atoms with Crippen molar-refractivity contribution < 1.29 is 9.72 Å². The third-order valence-corrected chi connectivity index (χ3v) is 6.03. The molecule has 7 nitrogen and oxygen atoms in total. The van der Waals surface area contributed by atoms with Crippen LogP contribution in [0.2, 0.25) is 0 Å². The quantitative estimate of drug-likeness (QED) is 0.371. The van der Waals surface area contributed by atoms with Crippen LogP contribution >= 0.6 is 0 Å². The van der Waals surface area contributed by atoms with Crippen molar-refractivity contribution in [1.29, 1.82) is 0 Å². The summed E-state index contributed by atoms with van der Waals surface area (Å²) in [4.78, 5) is 23.8. The number of hydrazone groups is 1. The Morgan fingerprint density at radius 2 is 1.45 bits per heavy atom. The molecule has 2 aromatic rings. The van der Waals surface area contributed by atoms with Gasteiger partial charge in [-0.25, -0.2) is 0 Å². The summed E-state index contributed by atoms with van der Waals surface area (Å²) in [6.45, 7) is 1.96. The average Bonchev–Trinajstić information content (AvgIpc) is 2.80. The Labute approximate surface area is 195 Å². The Hall–Kier alpha value is -3.22. The Kier molecular flexibility index (Phi) is 9.42. The van der Waals surface area contributed by atoms with E-state index in [-0.39, 0.29) is 17.2 Å². The summed E-state index contributed by atoms with van der Waals surface area (Å²) >= 11 is 0. The lowest BCUT2D eigenvalue weighted by atomic mass is 10.00. The Balaban J connectivity index is 1.70. The maximum atomic E-state index is 12.6. The van der Waals surface area contributed by atoms with Crippen LogP contribution in [0.5, 0.6) is 0 Å². The highest BCUT2D eigenvalue weighted by Gasteiger charge is 2.18. The molecule has 0 saturated heterocycles. The molecule has 1 aliphatic carbocycles. The van der Waals surface area contributed by atoms with Gasteiger partial charge in [0, 0.05) is 23.0 Å². The number of carbonyl (C=O) groups excluding carboxylic acids is 1.